The Morgan fingerprint density at radius 3 is 1.72 bits per heavy atom. The largest absolute Gasteiger partial charge is 0.332 e. The SMILES string of the molecule is S=C(Nc1ccc(Br)cc1)Nc1ccc(N=Nc2ccccc2)cc1. The van der Waals surface area contributed by atoms with E-state index < -0.39 is 0 Å². The van der Waals surface area contributed by atoms with E-state index in [1.807, 2.05) is 78.9 Å². The van der Waals surface area contributed by atoms with Crippen LogP contribution in [0, 0.1) is 0 Å². The van der Waals surface area contributed by atoms with Crippen molar-refractivity contribution >= 4 is 56.0 Å². The zero-order chi connectivity index (χ0) is 17.5. The van der Waals surface area contributed by atoms with Gasteiger partial charge in [-0.25, -0.2) is 0 Å². The fraction of sp³-hybridized carbons (Fsp3) is 0. The van der Waals surface area contributed by atoms with Crippen LogP contribution in [0.25, 0.3) is 0 Å². The molecule has 2 N–H and O–H groups in total. The van der Waals surface area contributed by atoms with Crippen LogP contribution in [-0.4, -0.2) is 5.11 Å². The summed E-state index contributed by atoms with van der Waals surface area (Å²) in [5.74, 6) is 0. The predicted molar refractivity (Wildman–Crippen MR) is 111 cm³/mol. The highest BCUT2D eigenvalue weighted by atomic mass is 79.9. The fourth-order valence-corrected chi connectivity index (χ4v) is 2.55. The zero-order valence-electron chi connectivity index (χ0n) is 13.2. The topological polar surface area (TPSA) is 48.8 Å². The van der Waals surface area contributed by atoms with E-state index in [0.717, 1.165) is 27.2 Å². The van der Waals surface area contributed by atoms with Gasteiger partial charge in [0.2, 0.25) is 0 Å². The molecule has 0 unspecified atom stereocenters. The molecule has 0 heterocycles. The summed E-state index contributed by atoms with van der Waals surface area (Å²) in [6, 6.07) is 25.0. The van der Waals surface area contributed by atoms with Crippen LogP contribution in [0.1, 0.15) is 0 Å². The molecule has 0 saturated heterocycles. The quantitative estimate of drug-likeness (QED) is 0.372. The lowest BCUT2D eigenvalue weighted by molar-refractivity contribution is 1.23. The summed E-state index contributed by atoms with van der Waals surface area (Å²) in [5, 5.41) is 15.2. The Balaban J connectivity index is 1.57. The van der Waals surface area contributed by atoms with E-state index in [9.17, 15) is 0 Å². The highest BCUT2D eigenvalue weighted by Crippen LogP contribution is 2.20. The van der Waals surface area contributed by atoms with E-state index in [1.165, 1.54) is 0 Å². The molecule has 25 heavy (non-hydrogen) atoms. The normalized spacial score (nSPS) is 10.6. The highest BCUT2D eigenvalue weighted by Gasteiger charge is 1.99. The first-order chi connectivity index (χ1) is 12.2. The number of hydrogen-bond donors (Lipinski definition) is 2. The van der Waals surface area contributed by atoms with Crippen LogP contribution in [0.2, 0.25) is 0 Å². The van der Waals surface area contributed by atoms with E-state index in [4.69, 9.17) is 12.2 Å². The number of azo groups is 1. The Hall–Kier alpha value is -2.57. The highest BCUT2D eigenvalue weighted by molar-refractivity contribution is 9.10. The molecule has 0 aromatic heterocycles. The molecule has 0 saturated carbocycles. The Morgan fingerprint density at radius 1 is 0.680 bits per heavy atom. The predicted octanol–water partition coefficient (Wildman–Crippen LogP) is 6.67. The van der Waals surface area contributed by atoms with Gasteiger partial charge in [-0.3, -0.25) is 0 Å². The van der Waals surface area contributed by atoms with Crippen molar-refractivity contribution in [3.8, 4) is 0 Å². The molecular formula is C19H15BrN4S. The number of nitrogens with one attached hydrogen (secondary N) is 2. The molecule has 0 aliphatic rings. The van der Waals surface area contributed by atoms with Gasteiger partial charge in [-0.1, -0.05) is 34.1 Å². The van der Waals surface area contributed by atoms with Crippen LogP contribution in [0.15, 0.2) is 93.6 Å². The summed E-state index contributed by atoms with van der Waals surface area (Å²) in [7, 11) is 0. The van der Waals surface area contributed by atoms with Crippen LogP contribution in [-0.2, 0) is 0 Å². The van der Waals surface area contributed by atoms with Crippen molar-refractivity contribution in [3.63, 3.8) is 0 Å². The first kappa shape index (κ1) is 17.3. The Labute approximate surface area is 160 Å². The molecule has 3 aromatic carbocycles. The van der Waals surface area contributed by atoms with Gasteiger partial charge in [0.05, 0.1) is 11.4 Å². The minimum atomic E-state index is 0.529. The maximum Gasteiger partial charge on any atom is 0.175 e. The molecule has 6 heteroatoms. The summed E-state index contributed by atoms with van der Waals surface area (Å²) < 4.78 is 1.03. The molecule has 0 atom stereocenters. The zero-order valence-corrected chi connectivity index (χ0v) is 15.6. The third-order valence-corrected chi connectivity index (χ3v) is 4.00. The maximum absolute atomic E-state index is 5.32. The van der Waals surface area contributed by atoms with E-state index in [1.54, 1.807) is 0 Å². The lowest BCUT2D eigenvalue weighted by atomic mass is 10.3. The van der Waals surface area contributed by atoms with Gasteiger partial charge in [-0.05, 0) is 72.9 Å². The van der Waals surface area contributed by atoms with Gasteiger partial charge in [0.15, 0.2) is 5.11 Å². The van der Waals surface area contributed by atoms with Crippen molar-refractivity contribution in [1.82, 2.24) is 0 Å². The molecule has 3 aromatic rings. The van der Waals surface area contributed by atoms with Crippen LogP contribution >= 0.6 is 28.1 Å². The minimum Gasteiger partial charge on any atom is -0.332 e. The Morgan fingerprint density at radius 2 is 1.16 bits per heavy atom. The van der Waals surface area contributed by atoms with Crippen molar-refractivity contribution in [1.29, 1.82) is 0 Å². The summed E-state index contributed by atoms with van der Waals surface area (Å²) in [5.41, 5.74) is 3.41. The summed E-state index contributed by atoms with van der Waals surface area (Å²) in [6.45, 7) is 0. The van der Waals surface area contributed by atoms with Gasteiger partial charge in [0, 0.05) is 15.8 Å². The smallest absolute Gasteiger partial charge is 0.175 e. The van der Waals surface area contributed by atoms with E-state index in [0.29, 0.717) is 5.11 Å². The molecule has 0 radical (unpaired) electrons. The van der Waals surface area contributed by atoms with Crippen molar-refractivity contribution in [3.05, 3.63) is 83.3 Å². The Kier molecular flexibility index (Phi) is 5.87. The number of hydrogen-bond acceptors (Lipinski definition) is 3. The monoisotopic (exact) mass is 410 g/mol. The number of anilines is 2. The number of thiocarbonyl (C=S) groups is 1. The molecule has 0 aliphatic carbocycles. The molecule has 3 rings (SSSR count). The second-order valence-corrected chi connectivity index (χ2v) is 6.49. The number of benzene rings is 3. The van der Waals surface area contributed by atoms with Crippen molar-refractivity contribution < 1.29 is 0 Å². The Bertz CT molecular complexity index is 862. The summed E-state index contributed by atoms with van der Waals surface area (Å²) in [4.78, 5) is 0. The van der Waals surface area contributed by atoms with Crippen molar-refractivity contribution in [2.24, 2.45) is 10.2 Å². The second kappa shape index (κ2) is 8.50. The number of rotatable bonds is 4. The molecular weight excluding hydrogens is 396 g/mol. The van der Waals surface area contributed by atoms with E-state index >= 15 is 0 Å². The molecule has 0 fully saturated rings. The van der Waals surface area contributed by atoms with Gasteiger partial charge in [-0.15, -0.1) is 0 Å². The lowest BCUT2D eigenvalue weighted by Gasteiger charge is -2.10. The van der Waals surface area contributed by atoms with Gasteiger partial charge >= 0.3 is 0 Å². The first-order valence-corrected chi connectivity index (χ1v) is 8.79. The molecule has 0 spiro atoms. The van der Waals surface area contributed by atoms with E-state index in [2.05, 4.69) is 36.8 Å². The third kappa shape index (κ3) is 5.48. The molecule has 124 valence electrons. The average molecular weight is 411 g/mol. The van der Waals surface area contributed by atoms with Gasteiger partial charge in [0.1, 0.15) is 0 Å². The van der Waals surface area contributed by atoms with Gasteiger partial charge in [-0.2, -0.15) is 10.2 Å². The maximum atomic E-state index is 5.32. The molecule has 0 bridgehead atoms. The van der Waals surface area contributed by atoms with Crippen LogP contribution in [0.3, 0.4) is 0 Å². The van der Waals surface area contributed by atoms with Gasteiger partial charge < -0.3 is 10.6 Å². The molecule has 0 amide bonds. The second-order valence-electron chi connectivity index (χ2n) is 5.17. The average Bonchev–Trinajstić information content (AvgIpc) is 2.64. The van der Waals surface area contributed by atoms with Crippen molar-refractivity contribution in [2.45, 2.75) is 0 Å². The summed E-state index contributed by atoms with van der Waals surface area (Å²) >= 11 is 8.73. The van der Waals surface area contributed by atoms with Crippen LogP contribution in [0.5, 0.6) is 0 Å². The number of halogens is 1. The van der Waals surface area contributed by atoms with Crippen LogP contribution < -0.4 is 10.6 Å². The van der Waals surface area contributed by atoms with Gasteiger partial charge in [0.25, 0.3) is 0 Å². The van der Waals surface area contributed by atoms with Crippen LogP contribution in [0.4, 0.5) is 22.7 Å². The standard InChI is InChI=1S/C19H15BrN4S/c20-14-6-8-15(9-7-14)21-19(25)22-16-10-12-18(13-11-16)24-23-17-4-2-1-3-5-17/h1-13H,(H2,21,22,25). The minimum absolute atomic E-state index is 0.529. The fourth-order valence-electron chi connectivity index (χ4n) is 2.05. The lowest BCUT2D eigenvalue weighted by Crippen LogP contribution is -2.18. The first-order valence-electron chi connectivity index (χ1n) is 7.59. The van der Waals surface area contributed by atoms with E-state index in [-0.39, 0.29) is 0 Å². The molecule has 0 aliphatic heterocycles. The van der Waals surface area contributed by atoms with Crippen molar-refractivity contribution in [2.75, 3.05) is 10.6 Å². The number of nitrogens with zero attached hydrogens (tertiary/aromatic N) is 2. The molecule has 4 nitrogen and oxygen atoms in total. The third-order valence-electron chi connectivity index (χ3n) is 3.26. The summed E-state index contributed by atoms with van der Waals surface area (Å²) in [6.07, 6.45) is 0.